The average Bonchev–Trinajstić information content (AvgIpc) is 2.33. The molecule has 0 amide bonds. The van der Waals surface area contributed by atoms with E-state index in [1.165, 1.54) is 6.07 Å². The first kappa shape index (κ1) is 13.1. The number of hydrogen-bond donors (Lipinski definition) is 0. The fourth-order valence-electron chi connectivity index (χ4n) is 2.03. The van der Waals surface area contributed by atoms with Crippen LogP contribution in [0.15, 0.2) is 22.7 Å². The van der Waals surface area contributed by atoms with Gasteiger partial charge in [-0.05, 0) is 48.5 Å². The summed E-state index contributed by atoms with van der Waals surface area (Å²) in [5.41, 5.74) is 0.220. The van der Waals surface area contributed by atoms with E-state index in [2.05, 4.69) is 15.9 Å². The Labute approximate surface area is 113 Å². The third-order valence-electron chi connectivity index (χ3n) is 3.04. The molecular weight excluding hydrogens is 303 g/mol. The zero-order valence-corrected chi connectivity index (χ0v) is 11.8. The molecule has 1 aromatic rings. The molecule has 0 bridgehead atoms. The van der Waals surface area contributed by atoms with Gasteiger partial charge in [0.25, 0.3) is 0 Å². The van der Waals surface area contributed by atoms with Crippen molar-refractivity contribution in [2.75, 3.05) is 11.5 Å². The summed E-state index contributed by atoms with van der Waals surface area (Å²) in [6.07, 6.45) is 2.63. The van der Waals surface area contributed by atoms with E-state index < -0.39 is 5.82 Å². The molecule has 0 unspecified atom stereocenters. The number of carbonyl (C=O) groups excluding carboxylic acids is 1. The molecule has 1 aliphatic rings. The van der Waals surface area contributed by atoms with Crippen LogP contribution in [0.5, 0.6) is 0 Å². The molecule has 1 saturated heterocycles. The smallest absolute Gasteiger partial charge is 0.166 e. The Kier molecular flexibility index (Phi) is 4.62. The number of carbonyl (C=O) groups is 1. The average molecular weight is 317 g/mol. The van der Waals surface area contributed by atoms with Gasteiger partial charge in [0.1, 0.15) is 5.82 Å². The maximum absolute atomic E-state index is 13.5. The quantitative estimate of drug-likeness (QED) is 0.773. The maximum atomic E-state index is 13.5. The zero-order chi connectivity index (χ0) is 12.3. The lowest BCUT2D eigenvalue weighted by Gasteiger charge is -2.20. The lowest BCUT2D eigenvalue weighted by atomic mass is 9.93. The fourth-order valence-corrected chi connectivity index (χ4v) is 3.60. The molecule has 1 fully saturated rings. The number of ketones is 1. The highest BCUT2D eigenvalue weighted by Crippen LogP contribution is 2.27. The first-order valence-electron chi connectivity index (χ1n) is 5.73. The minimum Gasteiger partial charge on any atom is -0.294 e. The zero-order valence-electron chi connectivity index (χ0n) is 9.42. The van der Waals surface area contributed by atoms with Gasteiger partial charge >= 0.3 is 0 Å². The first-order chi connectivity index (χ1) is 8.16. The van der Waals surface area contributed by atoms with Crippen LogP contribution in [0.2, 0.25) is 0 Å². The molecule has 0 radical (unpaired) electrons. The lowest BCUT2D eigenvalue weighted by Crippen LogP contribution is -2.15. The van der Waals surface area contributed by atoms with E-state index in [1.807, 2.05) is 11.8 Å². The van der Waals surface area contributed by atoms with Gasteiger partial charge in [-0.2, -0.15) is 11.8 Å². The fraction of sp³-hybridized carbons (Fsp3) is 0.462. The molecule has 1 heterocycles. The van der Waals surface area contributed by atoms with Crippen molar-refractivity contribution in [3.63, 3.8) is 0 Å². The minimum atomic E-state index is -0.414. The molecule has 0 N–H and O–H groups in total. The van der Waals surface area contributed by atoms with Gasteiger partial charge in [0.15, 0.2) is 5.78 Å². The van der Waals surface area contributed by atoms with Crippen molar-refractivity contribution in [2.45, 2.75) is 19.3 Å². The molecule has 0 atom stereocenters. The van der Waals surface area contributed by atoms with Crippen molar-refractivity contribution in [1.29, 1.82) is 0 Å². The number of thioether (sulfide) groups is 1. The van der Waals surface area contributed by atoms with Gasteiger partial charge < -0.3 is 0 Å². The second kappa shape index (κ2) is 6.01. The van der Waals surface area contributed by atoms with Crippen LogP contribution in [-0.2, 0) is 0 Å². The standard InChI is InChI=1S/C13H14BrFOS/c14-10-1-2-12(15)11(8-10)13(16)7-9-3-5-17-6-4-9/h1-2,8-9H,3-7H2. The van der Waals surface area contributed by atoms with Gasteiger partial charge in [0.05, 0.1) is 5.56 Å². The summed E-state index contributed by atoms with van der Waals surface area (Å²) in [6, 6.07) is 4.53. The Bertz CT molecular complexity index is 416. The van der Waals surface area contributed by atoms with E-state index in [4.69, 9.17) is 0 Å². The highest BCUT2D eigenvalue weighted by atomic mass is 79.9. The van der Waals surface area contributed by atoms with Gasteiger partial charge in [0, 0.05) is 10.9 Å². The third kappa shape index (κ3) is 3.55. The Morgan fingerprint density at radius 3 is 2.82 bits per heavy atom. The number of hydrogen-bond acceptors (Lipinski definition) is 2. The SMILES string of the molecule is O=C(CC1CCSCC1)c1cc(Br)ccc1F. The van der Waals surface area contributed by atoms with Gasteiger partial charge in [-0.3, -0.25) is 4.79 Å². The highest BCUT2D eigenvalue weighted by molar-refractivity contribution is 9.10. The van der Waals surface area contributed by atoms with Crippen LogP contribution in [0, 0.1) is 11.7 Å². The molecule has 4 heteroatoms. The van der Waals surface area contributed by atoms with Crippen molar-refractivity contribution < 1.29 is 9.18 Å². The summed E-state index contributed by atoms with van der Waals surface area (Å²) in [5, 5.41) is 0. The van der Waals surface area contributed by atoms with Crippen LogP contribution < -0.4 is 0 Å². The monoisotopic (exact) mass is 316 g/mol. The van der Waals surface area contributed by atoms with E-state index in [-0.39, 0.29) is 11.3 Å². The summed E-state index contributed by atoms with van der Waals surface area (Å²) in [7, 11) is 0. The summed E-state index contributed by atoms with van der Waals surface area (Å²) in [4.78, 5) is 12.0. The molecule has 0 saturated carbocycles. The van der Waals surface area contributed by atoms with Gasteiger partial charge in [-0.1, -0.05) is 15.9 Å². The van der Waals surface area contributed by atoms with Crippen molar-refractivity contribution in [2.24, 2.45) is 5.92 Å². The summed E-state index contributed by atoms with van der Waals surface area (Å²) >= 11 is 5.20. The predicted molar refractivity (Wildman–Crippen MR) is 73.1 cm³/mol. The molecule has 1 aliphatic heterocycles. The number of rotatable bonds is 3. The van der Waals surface area contributed by atoms with E-state index in [1.54, 1.807) is 12.1 Å². The van der Waals surface area contributed by atoms with Crippen molar-refractivity contribution >= 4 is 33.5 Å². The van der Waals surface area contributed by atoms with Crippen molar-refractivity contribution in [1.82, 2.24) is 0 Å². The van der Waals surface area contributed by atoms with Crippen LogP contribution in [-0.4, -0.2) is 17.3 Å². The number of Topliss-reactive ketones (excluding diaryl/α,β-unsaturated/α-hetero) is 1. The molecule has 17 heavy (non-hydrogen) atoms. The van der Waals surface area contributed by atoms with Gasteiger partial charge in [0.2, 0.25) is 0 Å². The molecule has 92 valence electrons. The largest absolute Gasteiger partial charge is 0.294 e. The minimum absolute atomic E-state index is 0.0688. The molecular formula is C13H14BrFOS. The van der Waals surface area contributed by atoms with Crippen molar-refractivity contribution in [3.05, 3.63) is 34.1 Å². The normalized spacial score (nSPS) is 17.1. The Balaban J connectivity index is 2.05. The van der Waals surface area contributed by atoms with Crippen LogP contribution in [0.1, 0.15) is 29.6 Å². The van der Waals surface area contributed by atoms with E-state index >= 15 is 0 Å². The lowest BCUT2D eigenvalue weighted by molar-refractivity contribution is 0.0954. The summed E-state index contributed by atoms with van der Waals surface area (Å²) in [5.74, 6) is 2.20. The Morgan fingerprint density at radius 1 is 1.41 bits per heavy atom. The Morgan fingerprint density at radius 2 is 2.12 bits per heavy atom. The highest BCUT2D eigenvalue weighted by Gasteiger charge is 2.20. The predicted octanol–water partition coefficient (Wildman–Crippen LogP) is 4.30. The molecule has 2 rings (SSSR count). The third-order valence-corrected chi connectivity index (χ3v) is 4.59. The van der Waals surface area contributed by atoms with Crippen LogP contribution in [0.4, 0.5) is 4.39 Å². The maximum Gasteiger partial charge on any atom is 0.166 e. The van der Waals surface area contributed by atoms with Crippen LogP contribution in [0.3, 0.4) is 0 Å². The summed E-state index contributed by atoms with van der Waals surface area (Å²) < 4.78 is 14.3. The van der Waals surface area contributed by atoms with E-state index in [0.717, 1.165) is 28.8 Å². The second-order valence-corrected chi connectivity index (χ2v) is 6.45. The molecule has 0 spiro atoms. The van der Waals surface area contributed by atoms with Crippen LogP contribution >= 0.6 is 27.7 Å². The molecule has 0 aliphatic carbocycles. The molecule has 1 aromatic carbocycles. The second-order valence-electron chi connectivity index (χ2n) is 4.31. The summed E-state index contributed by atoms with van der Waals surface area (Å²) in [6.45, 7) is 0. The van der Waals surface area contributed by atoms with Crippen molar-refractivity contribution in [3.8, 4) is 0 Å². The van der Waals surface area contributed by atoms with Gasteiger partial charge in [-0.15, -0.1) is 0 Å². The Hall–Kier alpha value is -0.350. The van der Waals surface area contributed by atoms with E-state index in [9.17, 15) is 9.18 Å². The van der Waals surface area contributed by atoms with Gasteiger partial charge in [-0.25, -0.2) is 4.39 Å². The molecule has 0 aromatic heterocycles. The number of halogens is 2. The van der Waals surface area contributed by atoms with Crippen LogP contribution in [0.25, 0.3) is 0 Å². The first-order valence-corrected chi connectivity index (χ1v) is 7.67. The molecule has 1 nitrogen and oxygen atoms in total. The topological polar surface area (TPSA) is 17.1 Å². The van der Waals surface area contributed by atoms with E-state index in [0.29, 0.717) is 12.3 Å². The number of benzene rings is 1.